The topological polar surface area (TPSA) is 35.2 Å². The summed E-state index contributed by atoms with van der Waals surface area (Å²) < 4.78 is 5.73. The van der Waals surface area contributed by atoms with Crippen LogP contribution in [-0.2, 0) is 0 Å². The fourth-order valence-electron chi connectivity index (χ4n) is 2.67. The summed E-state index contributed by atoms with van der Waals surface area (Å²) >= 11 is 0. The van der Waals surface area contributed by atoms with E-state index in [0.29, 0.717) is 5.92 Å². The lowest BCUT2D eigenvalue weighted by Gasteiger charge is -2.20. The zero-order valence-corrected chi connectivity index (χ0v) is 13.1. The molecular formula is C17H29NO. The Kier molecular flexibility index (Phi) is 6.36. The summed E-state index contributed by atoms with van der Waals surface area (Å²) in [6.45, 7) is 11.7. The van der Waals surface area contributed by atoms with E-state index in [2.05, 4.69) is 46.8 Å². The molecule has 2 heteroatoms. The molecule has 1 rings (SSSR count). The molecule has 0 aliphatic heterocycles. The monoisotopic (exact) mass is 263 g/mol. The van der Waals surface area contributed by atoms with Crippen molar-refractivity contribution < 1.29 is 4.74 Å². The predicted octanol–water partition coefficient (Wildman–Crippen LogP) is 4.32. The molecule has 2 atom stereocenters. The third-order valence-electron chi connectivity index (χ3n) is 3.59. The summed E-state index contributed by atoms with van der Waals surface area (Å²) in [7, 11) is 0. The molecule has 2 N–H and O–H groups in total. The van der Waals surface area contributed by atoms with Crippen LogP contribution in [0, 0.1) is 13.8 Å². The van der Waals surface area contributed by atoms with Crippen LogP contribution in [-0.4, -0.2) is 12.6 Å². The molecule has 0 bridgehead atoms. The quantitative estimate of drug-likeness (QED) is 0.795. The number of nitrogens with two attached hydrogens (primary N) is 1. The van der Waals surface area contributed by atoms with E-state index < -0.39 is 0 Å². The summed E-state index contributed by atoms with van der Waals surface area (Å²) in [4.78, 5) is 0. The van der Waals surface area contributed by atoms with E-state index >= 15 is 0 Å². The number of hydrogen-bond acceptors (Lipinski definition) is 2. The van der Waals surface area contributed by atoms with Gasteiger partial charge in [-0.3, -0.25) is 0 Å². The highest BCUT2D eigenvalue weighted by atomic mass is 16.5. The van der Waals surface area contributed by atoms with Gasteiger partial charge in [-0.25, -0.2) is 0 Å². The van der Waals surface area contributed by atoms with Gasteiger partial charge in [0.15, 0.2) is 0 Å². The van der Waals surface area contributed by atoms with E-state index in [4.69, 9.17) is 10.5 Å². The highest BCUT2D eigenvalue weighted by Crippen LogP contribution is 2.31. The first kappa shape index (κ1) is 16.0. The molecule has 0 saturated carbocycles. The zero-order chi connectivity index (χ0) is 14.4. The van der Waals surface area contributed by atoms with E-state index in [0.717, 1.165) is 31.6 Å². The highest BCUT2D eigenvalue weighted by Gasteiger charge is 2.13. The minimum atomic E-state index is 0.287. The first-order valence-corrected chi connectivity index (χ1v) is 7.45. The standard InChI is InChI=1S/C17H29NO/c1-6-9-19-16-10-13(3)17(14(4)11-16)12(2)7-8-15(5)18/h10-12,15H,6-9,18H2,1-5H3. The van der Waals surface area contributed by atoms with Crippen LogP contribution in [0.4, 0.5) is 0 Å². The molecule has 0 radical (unpaired) electrons. The fraction of sp³-hybridized carbons (Fsp3) is 0.647. The molecule has 0 aliphatic rings. The molecule has 0 saturated heterocycles. The van der Waals surface area contributed by atoms with Crippen LogP contribution < -0.4 is 10.5 Å². The van der Waals surface area contributed by atoms with E-state index in [1.54, 1.807) is 0 Å². The van der Waals surface area contributed by atoms with E-state index in [9.17, 15) is 0 Å². The SMILES string of the molecule is CCCOc1cc(C)c(C(C)CCC(C)N)c(C)c1. The van der Waals surface area contributed by atoms with Crippen molar-refractivity contribution in [3.05, 3.63) is 28.8 Å². The number of benzene rings is 1. The van der Waals surface area contributed by atoms with Crippen LogP contribution in [0.1, 0.15) is 62.6 Å². The second-order valence-electron chi connectivity index (χ2n) is 5.77. The van der Waals surface area contributed by atoms with E-state index in [1.165, 1.54) is 16.7 Å². The molecule has 0 heterocycles. The van der Waals surface area contributed by atoms with Gasteiger partial charge < -0.3 is 10.5 Å². The first-order chi connectivity index (χ1) is 8.95. The van der Waals surface area contributed by atoms with Gasteiger partial charge >= 0.3 is 0 Å². The molecule has 2 unspecified atom stereocenters. The predicted molar refractivity (Wildman–Crippen MR) is 83.0 cm³/mol. The summed E-state index contributed by atoms with van der Waals surface area (Å²) in [5.41, 5.74) is 9.99. The van der Waals surface area contributed by atoms with Crippen molar-refractivity contribution in [1.82, 2.24) is 0 Å². The Hall–Kier alpha value is -1.02. The van der Waals surface area contributed by atoms with Crippen LogP contribution in [0.3, 0.4) is 0 Å². The number of ether oxygens (including phenoxy) is 1. The van der Waals surface area contributed by atoms with Crippen LogP contribution in [0.15, 0.2) is 12.1 Å². The van der Waals surface area contributed by atoms with Crippen molar-refractivity contribution >= 4 is 0 Å². The minimum Gasteiger partial charge on any atom is -0.494 e. The molecule has 19 heavy (non-hydrogen) atoms. The maximum Gasteiger partial charge on any atom is 0.119 e. The van der Waals surface area contributed by atoms with Gasteiger partial charge in [0.1, 0.15) is 5.75 Å². The van der Waals surface area contributed by atoms with E-state index in [-0.39, 0.29) is 6.04 Å². The van der Waals surface area contributed by atoms with E-state index in [1.807, 2.05) is 0 Å². The van der Waals surface area contributed by atoms with Gasteiger partial charge in [-0.2, -0.15) is 0 Å². The Bertz CT molecular complexity index is 375. The Balaban J connectivity index is 2.83. The largest absolute Gasteiger partial charge is 0.494 e. The lowest BCUT2D eigenvalue weighted by molar-refractivity contribution is 0.317. The Morgan fingerprint density at radius 1 is 1.11 bits per heavy atom. The first-order valence-electron chi connectivity index (χ1n) is 7.45. The van der Waals surface area contributed by atoms with Crippen LogP contribution in [0.2, 0.25) is 0 Å². The number of rotatable bonds is 7. The number of hydrogen-bond donors (Lipinski definition) is 1. The second kappa shape index (κ2) is 7.54. The molecule has 1 aromatic carbocycles. The maximum absolute atomic E-state index is 5.85. The highest BCUT2D eigenvalue weighted by molar-refractivity contribution is 5.42. The van der Waals surface area contributed by atoms with Crippen molar-refractivity contribution in [1.29, 1.82) is 0 Å². The number of aryl methyl sites for hydroxylation is 2. The Morgan fingerprint density at radius 3 is 2.16 bits per heavy atom. The third kappa shape index (κ3) is 4.87. The normalized spacial score (nSPS) is 14.2. The molecular weight excluding hydrogens is 234 g/mol. The van der Waals surface area contributed by atoms with Crippen LogP contribution >= 0.6 is 0 Å². The lowest BCUT2D eigenvalue weighted by Crippen LogP contribution is -2.15. The molecule has 0 spiro atoms. The molecule has 1 aromatic rings. The van der Waals surface area contributed by atoms with Gasteiger partial charge in [-0.1, -0.05) is 13.8 Å². The molecule has 0 fully saturated rings. The average molecular weight is 263 g/mol. The van der Waals surface area contributed by atoms with Crippen molar-refractivity contribution in [3.8, 4) is 5.75 Å². The molecule has 108 valence electrons. The van der Waals surface area contributed by atoms with Gasteiger partial charge in [-0.05, 0) is 74.8 Å². The Morgan fingerprint density at radius 2 is 1.68 bits per heavy atom. The van der Waals surface area contributed by atoms with Gasteiger partial charge in [0, 0.05) is 6.04 Å². The smallest absolute Gasteiger partial charge is 0.119 e. The van der Waals surface area contributed by atoms with Crippen molar-refractivity contribution in [2.75, 3.05) is 6.61 Å². The van der Waals surface area contributed by atoms with Gasteiger partial charge in [-0.15, -0.1) is 0 Å². The van der Waals surface area contributed by atoms with Gasteiger partial charge in [0.25, 0.3) is 0 Å². The summed E-state index contributed by atoms with van der Waals surface area (Å²) in [6, 6.07) is 4.62. The lowest BCUT2D eigenvalue weighted by atomic mass is 9.88. The van der Waals surface area contributed by atoms with Gasteiger partial charge in [0.05, 0.1) is 6.61 Å². The summed E-state index contributed by atoms with van der Waals surface area (Å²) in [6.07, 6.45) is 3.27. The molecule has 0 amide bonds. The van der Waals surface area contributed by atoms with Crippen LogP contribution in [0.25, 0.3) is 0 Å². The average Bonchev–Trinajstić information content (AvgIpc) is 2.33. The third-order valence-corrected chi connectivity index (χ3v) is 3.59. The Labute approximate surface area is 118 Å². The zero-order valence-electron chi connectivity index (χ0n) is 13.1. The minimum absolute atomic E-state index is 0.287. The molecule has 0 aliphatic carbocycles. The summed E-state index contributed by atoms with van der Waals surface area (Å²) in [5, 5.41) is 0. The molecule has 2 nitrogen and oxygen atoms in total. The van der Waals surface area contributed by atoms with Gasteiger partial charge in [0.2, 0.25) is 0 Å². The second-order valence-corrected chi connectivity index (χ2v) is 5.77. The van der Waals surface area contributed by atoms with Crippen molar-refractivity contribution in [2.24, 2.45) is 5.73 Å². The maximum atomic E-state index is 5.85. The fourth-order valence-corrected chi connectivity index (χ4v) is 2.67. The van der Waals surface area contributed by atoms with Crippen molar-refractivity contribution in [3.63, 3.8) is 0 Å². The van der Waals surface area contributed by atoms with Crippen LogP contribution in [0.5, 0.6) is 5.75 Å². The van der Waals surface area contributed by atoms with Crippen molar-refractivity contribution in [2.45, 2.75) is 65.8 Å². The summed E-state index contributed by atoms with van der Waals surface area (Å²) in [5.74, 6) is 1.56. The molecule has 0 aromatic heterocycles.